The van der Waals surface area contributed by atoms with Crippen LogP contribution in [-0.2, 0) is 6.54 Å². The number of hydrogen-bond acceptors (Lipinski definition) is 4. The fraction of sp³-hybridized carbons (Fsp3) is 0.400. The van der Waals surface area contributed by atoms with Crippen LogP contribution in [0.3, 0.4) is 0 Å². The predicted octanol–water partition coefficient (Wildman–Crippen LogP) is -0.846. The summed E-state index contributed by atoms with van der Waals surface area (Å²) >= 11 is 0. The Balaban J connectivity index is 2.50. The van der Waals surface area contributed by atoms with Crippen LogP contribution in [-0.4, -0.2) is 45.7 Å². The zero-order chi connectivity index (χ0) is 11.8. The topological polar surface area (TPSA) is 87.4 Å². The smallest absolute Gasteiger partial charge is 0.254 e. The van der Waals surface area contributed by atoms with E-state index in [0.717, 1.165) is 0 Å². The summed E-state index contributed by atoms with van der Waals surface area (Å²) in [6.45, 7) is 0.645. The third-order valence-electron chi connectivity index (χ3n) is 1.86. The van der Waals surface area contributed by atoms with Crippen LogP contribution in [0.4, 0.5) is 0 Å². The highest BCUT2D eigenvalue weighted by Gasteiger charge is 2.06. The van der Waals surface area contributed by atoms with Crippen LogP contribution in [0, 0.1) is 0 Å². The van der Waals surface area contributed by atoms with E-state index in [1.165, 1.54) is 6.20 Å². The van der Waals surface area contributed by atoms with Crippen molar-refractivity contribution >= 4 is 5.91 Å². The first-order valence-electron chi connectivity index (χ1n) is 4.95. The van der Waals surface area contributed by atoms with Crippen LogP contribution in [0.2, 0.25) is 0 Å². The van der Waals surface area contributed by atoms with Gasteiger partial charge in [0, 0.05) is 12.7 Å². The molecular formula is C10H15N3O3. The van der Waals surface area contributed by atoms with Gasteiger partial charge in [-0.05, 0) is 0 Å². The minimum absolute atomic E-state index is 0.00882. The second kappa shape index (κ2) is 6.76. The van der Waals surface area contributed by atoms with Crippen molar-refractivity contribution < 1.29 is 15.0 Å². The van der Waals surface area contributed by atoms with Crippen LogP contribution in [0.25, 0.3) is 0 Å². The molecule has 3 N–H and O–H groups in total. The van der Waals surface area contributed by atoms with Gasteiger partial charge in [-0.2, -0.15) is 5.10 Å². The zero-order valence-electron chi connectivity index (χ0n) is 8.83. The Morgan fingerprint density at radius 3 is 3.00 bits per heavy atom. The first-order valence-corrected chi connectivity index (χ1v) is 4.95. The molecule has 0 atom stereocenters. The number of aliphatic hydroxyl groups is 2. The summed E-state index contributed by atoms with van der Waals surface area (Å²) in [4.78, 5) is 11.4. The number of rotatable bonds is 6. The molecule has 0 aromatic carbocycles. The summed E-state index contributed by atoms with van der Waals surface area (Å²) in [5, 5.41) is 23.6. The van der Waals surface area contributed by atoms with E-state index >= 15 is 0 Å². The molecule has 6 heteroatoms. The molecule has 1 aromatic rings. The molecule has 1 amide bonds. The molecule has 0 fully saturated rings. The molecule has 0 saturated carbocycles. The normalized spacial score (nSPS) is 10.9. The van der Waals surface area contributed by atoms with Gasteiger partial charge in [0.1, 0.15) is 0 Å². The van der Waals surface area contributed by atoms with Crippen molar-refractivity contribution in [1.82, 2.24) is 15.1 Å². The second-order valence-corrected chi connectivity index (χ2v) is 3.08. The molecule has 0 aliphatic rings. The highest BCUT2D eigenvalue weighted by molar-refractivity contribution is 5.93. The number of amides is 1. The average Bonchev–Trinajstić information content (AvgIpc) is 2.75. The van der Waals surface area contributed by atoms with E-state index in [4.69, 9.17) is 10.2 Å². The molecule has 1 rings (SSSR count). The lowest BCUT2D eigenvalue weighted by atomic mass is 10.3. The predicted molar refractivity (Wildman–Crippen MR) is 57.9 cm³/mol. The molecule has 16 heavy (non-hydrogen) atoms. The lowest BCUT2D eigenvalue weighted by Gasteiger charge is -1.98. The van der Waals surface area contributed by atoms with E-state index < -0.39 is 0 Å². The highest BCUT2D eigenvalue weighted by Crippen LogP contribution is 1.97. The van der Waals surface area contributed by atoms with E-state index in [9.17, 15) is 4.79 Å². The lowest BCUT2D eigenvalue weighted by molar-refractivity contribution is 0.0944. The Kier molecular flexibility index (Phi) is 5.24. The Bertz CT molecular complexity index is 360. The Hall–Kier alpha value is -1.66. The maximum Gasteiger partial charge on any atom is 0.254 e. The van der Waals surface area contributed by atoms with Gasteiger partial charge in [-0.15, -0.1) is 0 Å². The van der Waals surface area contributed by atoms with Gasteiger partial charge >= 0.3 is 0 Å². The van der Waals surface area contributed by atoms with E-state index in [0.29, 0.717) is 12.1 Å². The van der Waals surface area contributed by atoms with Crippen molar-refractivity contribution in [3.05, 3.63) is 30.1 Å². The van der Waals surface area contributed by atoms with Crippen molar-refractivity contribution in [1.29, 1.82) is 0 Å². The van der Waals surface area contributed by atoms with Crippen LogP contribution < -0.4 is 5.32 Å². The Morgan fingerprint density at radius 2 is 2.31 bits per heavy atom. The van der Waals surface area contributed by atoms with Gasteiger partial charge in [-0.25, -0.2) is 0 Å². The van der Waals surface area contributed by atoms with Gasteiger partial charge in [0.2, 0.25) is 0 Å². The number of aliphatic hydroxyl groups excluding tert-OH is 2. The SMILES string of the molecule is O=C(NCCO)c1cnn(C/C=C\CO)c1. The Labute approximate surface area is 93.2 Å². The molecule has 0 aliphatic carbocycles. The van der Waals surface area contributed by atoms with Crippen molar-refractivity contribution in [2.24, 2.45) is 0 Å². The number of nitrogens with zero attached hydrogens (tertiary/aromatic N) is 2. The average molecular weight is 225 g/mol. The van der Waals surface area contributed by atoms with Crippen molar-refractivity contribution in [2.75, 3.05) is 19.8 Å². The maximum atomic E-state index is 11.4. The van der Waals surface area contributed by atoms with Crippen LogP contribution in [0.5, 0.6) is 0 Å². The Morgan fingerprint density at radius 1 is 1.50 bits per heavy atom. The van der Waals surface area contributed by atoms with E-state index in [1.54, 1.807) is 23.0 Å². The fourth-order valence-electron chi connectivity index (χ4n) is 1.11. The van der Waals surface area contributed by atoms with Crippen LogP contribution >= 0.6 is 0 Å². The first kappa shape index (κ1) is 12.4. The van der Waals surface area contributed by atoms with E-state index in [-0.39, 0.29) is 25.7 Å². The number of nitrogens with one attached hydrogen (secondary N) is 1. The van der Waals surface area contributed by atoms with Crippen molar-refractivity contribution in [3.8, 4) is 0 Å². The van der Waals surface area contributed by atoms with E-state index in [1.807, 2.05) is 0 Å². The molecule has 0 radical (unpaired) electrons. The fourth-order valence-corrected chi connectivity index (χ4v) is 1.11. The molecule has 0 spiro atoms. The van der Waals surface area contributed by atoms with Gasteiger partial charge in [0.25, 0.3) is 5.91 Å². The third kappa shape index (κ3) is 3.84. The zero-order valence-corrected chi connectivity index (χ0v) is 8.83. The molecule has 1 heterocycles. The monoisotopic (exact) mass is 225 g/mol. The largest absolute Gasteiger partial charge is 0.395 e. The maximum absolute atomic E-state index is 11.4. The van der Waals surface area contributed by atoms with Crippen molar-refractivity contribution in [2.45, 2.75) is 6.54 Å². The number of carbonyl (C=O) groups excluding carboxylic acids is 1. The number of aromatic nitrogens is 2. The van der Waals surface area contributed by atoms with Crippen LogP contribution in [0.1, 0.15) is 10.4 Å². The third-order valence-corrected chi connectivity index (χ3v) is 1.86. The van der Waals surface area contributed by atoms with Crippen molar-refractivity contribution in [3.63, 3.8) is 0 Å². The summed E-state index contributed by atoms with van der Waals surface area (Å²) in [6, 6.07) is 0. The molecule has 6 nitrogen and oxygen atoms in total. The highest BCUT2D eigenvalue weighted by atomic mass is 16.3. The standard InChI is InChI=1S/C10H15N3O3/c14-5-2-1-4-13-8-9(7-12-13)10(16)11-3-6-15/h1-2,7-8,14-15H,3-6H2,(H,11,16)/b2-1-. The summed E-state index contributed by atoms with van der Waals surface area (Å²) < 4.78 is 1.58. The molecule has 0 unspecified atom stereocenters. The molecule has 1 aromatic heterocycles. The van der Waals surface area contributed by atoms with Gasteiger partial charge in [0.05, 0.1) is 31.5 Å². The first-order chi connectivity index (χ1) is 7.77. The molecule has 88 valence electrons. The summed E-state index contributed by atoms with van der Waals surface area (Å²) in [5.74, 6) is -0.258. The minimum Gasteiger partial charge on any atom is -0.395 e. The molecule has 0 saturated heterocycles. The summed E-state index contributed by atoms with van der Waals surface area (Å²) in [5.41, 5.74) is 0.450. The number of allylic oxidation sites excluding steroid dienone is 1. The molecule has 0 aliphatic heterocycles. The van der Waals surface area contributed by atoms with Crippen LogP contribution in [0.15, 0.2) is 24.5 Å². The van der Waals surface area contributed by atoms with Gasteiger partial charge in [-0.1, -0.05) is 12.2 Å². The number of carbonyl (C=O) groups is 1. The minimum atomic E-state index is -0.258. The quantitative estimate of drug-likeness (QED) is 0.550. The summed E-state index contributed by atoms with van der Waals surface area (Å²) in [6.07, 6.45) is 6.42. The van der Waals surface area contributed by atoms with E-state index in [2.05, 4.69) is 10.4 Å². The lowest BCUT2D eigenvalue weighted by Crippen LogP contribution is -2.25. The van der Waals surface area contributed by atoms with Gasteiger partial charge < -0.3 is 15.5 Å². The van der Waals surface area contributed by atoms with Gasteiger partial charge in [0.15, 0.2) is 0 Å². The molecular weight excluding hydrogens is 210 g/mol. The molecule has 0 bridgehead atoms. The number of hydrogen-bond donors (Lipinski definition) is 3. The van der Waals surface area contributed by atoms with Gasteiger partial charge in [-0.3, -0.25) is 9.48 Å². The second-order valence-electron chi connectivity index (χ2n) is 3.08. The summed E-state index contributed by atoms with van der Waals surface area (Å²) in [7, 11) is 0.